The molecule has 0 bridgehead atoms. The van der Waals surface area contributed by atoms with Gasteiger partial charge in [-0.25, -0.2) is 0 Å². The van der Waals surface area contributed by atoms with Gasteiger partial charge in [0.1, 0.15) is 0 Å². The molecule has 0 fully saturated rings. The SMILES string of the molecule is [CH3][Ge]([CH3])([CH3])[c]1ccc2c(c1)oc1c(-c3nc4cc5ccccc5nc4n3-c3ccccc3)[c-]ccc12.[Ir].[c-]1ccccc1-c1ccccn1. The maximum absolute atomic E-state index is 6.56. The zero-order valence-electron chi connectivity index (χ0n) is 27.3. The Bertz CT molecular complexity index is 2500. The first-order valence-electron chi connectivity index (χ1n) is 16.0. The maximum atomic E-state index is 6.56. The Morgan fingerprint density at radius 3 is 2.24 bits per heavy atom. The van der Waals surface area contributed by atoms with Gasteiger partial charge in [-0.2, -0.15) is 0 Å². The topological polar surface area (TPSA) is 56.7 Å². The standard InChI is InChI=1S/C31H24GeN3O.C11H8N.Ir/c1-32(2,3)21-16-17-23-24-13-9-14-25(29(24)36-28(23)19-21)30-34-27-18-20-10-7-8-15-26(20)33-31(27)35(30)22-11-5-4-6-12-22;1-2-6-10(7-3-1)11-8-4-5-9-12-11;/h4-13,15-19H,1-3H3;1-6,8-9H;/q2*-1;. The number of rotatable bonds is 4. The number of furan rings is 1. The number of nitrogens with zero attached hydrogens (tertiary/aromatic N) is 4. The van der Waals surface area contributed by atoms with Crippen LogP contribution in [-0.4, -0.2) is 32.8 Å². The minimum absolute atomic E-state index is 0. The van der Waals surface area contributed by atoms with E-state index in [1.807, 2.05) is 84.9 Å². The number of para-hydroxylation sites is 2. The first kappa shape index (κ1) is 32.7. The Kier molecular flexibility index (Phi) is 9.04. The van der Waals surface area contributed by atoms with Crippen LogP contribution >= 0.6 is 0 Å². The molecule has 4 heterocycles. The van der Waals surface area contributed by atoms with E-state index in [9.17, 15) is 0 Å². The van der Waals surface area contributed by atoms with E-state index < -0.39 is 13.3 Å². The van der Waals surface area contributed by atoms with Gasteiger partial charge >= 0.3 is 200 Å². The molecule has 1 radical (unpaired) electrons. The molecule has 0 saturated carbocycles. The van der Waals surface area contributed by atoms with E-state index in [1.165, 1.54) is 4.40 Å². The molecule has 0 saturated heterocycles. The van der Waals surface area contributed by atoms with Crippen LogP contribution in [0.3, 0.4) is 0 Å². The predicted molar refractivity (Wildman–Crippen MR) is 199 cm³/mol. The normalized spacial score (nSPS) is 11.4. The smallest absolute Gasteiger partial charge is 0.0160 e. The third kappa shape index (κ3) is 6.35. The summed E-state index contributed by atoms with van der Waals surface area (Å²) in [7, 11) is 0. The summed E-state index contributed by atoms with van der Waals surface area (Å²) in [6.07, 6.45) is 1.79. The second-order valence-corrected chi connectivity index (χ2v) is 23.4. The van der Waals surface area contributed by atoms with Crippen molar-refractivity contribution in [2.45, 2.75) is 17.3 Å². The Morgan fingerprint density at radius 2 is 1.47 bits per heavy atom. The van der Waals surface area contributed by atoms with Crippen LogP contribution in [0.1, 0.15) is 0 Å². The number of pyridine rings is 2. The molecule has 4 aromatic heterocycles. The summed E-state index contributed by atoms with van der Waals surface area (Å²) in [6.45, 7) is 0. The van der Waals surface area contributed by atoms with Crippen molar-refractivity contribution in [3.05, 3.63) is 152 Å². The molecule has 9 aromatic rings. The Hall–Kier alpha value is -4.88. The molecule has 0 spiro atoms. The van der Waals surface area contributed by atoms with Gasteiger partial charge in [-0.3, -0.25) is 0 Å². The van der Waals surface area contributed by atoms with Gasteiger partial charge in [-0.05, 0) is 11.8 Å². The number of benzene rings is 5. The molecule has 0 amide bonds. The zero-order chi connectivity index (χ0) is 32.7. The Labute approximate surface area is 301 Å². The van der Waals surface area contributed by atoms with Crippen LogP contribution in [0.5, 0.6) is 0 Å². The van der Waals surface area contributed by atoms with Crippen LogP contribution in [0.2, 0.25) is 17.3 Å². The van der Waals surface area contributed by atoms with E-state index in [1.54, 1.807) is 6.20 Å². The number of hydrogen-bond donors (Lipinski definition) is 0. The van der Waals surface area contributed by atoms with E-state index in [0.29, 0.717) is 0 Å². The van der Waals surface area contributed by atoms with Gasteiger partial charge < -0.3 is 4.98 Å². The molecule has 0 unspecified atom stereocenters. The summed E-state index contributed by atoms with van der Waals surface area (Å²) in [5.41, 5.74) is 8.20. The molecule has 7 heteroatoms. The van der Waals surface area contributed by atoms with Gasteiger partial charge in [0.25, 0.3) is 0 Å². The van der Waals surface area contributed by atoms with E-state index in [0.717, 1.165) is 72.3 Å². The van der Waals surface area contributed by atoms with E-state index in [-0.39, 0.29) is 20.1 Å². The van der Waals surface area contributed by atoms with Crippen molar-refractivity contribution < 1.29 is 24.5 Å². The molecular weight excluding hydrogens is 841 g/mol. The first-order chi connectivity index (χ1) is 23.4. The second kappa shape index (κ2) is 13.6. The summed E-state index contributed by atoms with van der Waals surface area (Å²) in [6, 6.07) is 51.6. The van der Waals surface area contributed by atoms with Crippen molar-refractivity contribution in [3.8, 4) is 28.3 Å². The van der Waals surface area contributed by atoms with Gasteiger partial charge in [0.05, 0.1) is 0 Å². The van der Waals surface area contributed by atoms with Crippen LogP contribution in [-0.2, 0) is 20.1 Å². The summed E-state index contributed by atoms with van der Waals surface area (Å²) >= 11 is -2.00. The molecule has 0 N–H and O–H groups in total. The largest absolute Gasteiger partial charge is 0.305 e. The molecule has 0 aliphatic carbocycles. The molecule has 9 rings (SSSR count). The molecule has 241 valence electrons. The quantitative estimate of drug-likeness (QED) is 0.131. The molecule has 0 aliphatic rings. The van der Waals surface area contributed by atoms with Gasteiger partial charge in [0.2, 0.25) is 0 Å². The molecule has 0 aliphatic heterocycles. The van der Waals surface area contributed by atoms with Crippen molar-refractivity contribution in [1.29, 1.82) is 0 Å². The first-order valence-corrected chi connectivity index (χ1v) is 23.4. The number of fused-ring (bicyclic) bond motifs is 5. The monoisotopic (exact) mass is 875 g/mol. The van der Waals surface area contributed by atoms with E-state index in [4.69, 9.17) is 14.4 Å². The van der Waals surface area contributed by atoms with Crippen molar-refractivity contribution in [1.82, 2.24) is 19.5 Å². The summed E-state index contributed by atoms with van der Waals surface area (Å²) in [5.74, 6) is 7.99. The molecule has 49 heavy (non-hydrogen) atoms. The maximum Gasteiger partial charge on any atom is 0.0160 e. The van der Waals surface area contributed by atoms with Gasteiger partial charge in [-0.1, -0.05) is 24.3 Å². The number of hydrogen-bond acceptors (Lipinski definition) is 4. The van der Waals surface area contributed by atoms with E-state index in [2.05, 4.69) is 87.5 Å². The summed E-state index contributed by atoms with van der Waals surface area (Å²) in [4.78, 5) is 14.3. The minimum Gasteiger partial charge on any atom is -0.305 e. The Morgan fingerprint density at radius 1 is 0.673 bits per heavy atom. The number of imidazole rings is 1. The molecule has 5 nitrogen and oxygen atoms in total. The van der Waals surface area contributed by atoms with Crippen molar-refractivity contribution in [2.75, 3.05) is 0 Å². The molecule has 0 atom stereocenters. The van der Waals surface area contributed by atoms with Crippen LogP contribution in [0.4, 0.5) is 0 Å². The Balaban J connectivity index is 0.000000246. The fourth-order valence-corrected chi connectivity index (χ4v) is 8.45. The van der Waals surface area contributed by atoms with Crippen LogP contribution in [0, 0.1) is 12.1 Å². The fraction of sp³-hybridized carbons (Fsp3) is 0.0714. The van der Waals surface area contributed by atoms with Gasteiger partial charge in [0.15, 0.2) is 0 Å². The average molecular weight is 874 g/mol. The van der Waals surface area contributed by atoms with Crippen molar-refractivity contribution >= 4 is 61.7 Å². The van der Waals surface area contributed by atoms with Crippen LogP contribution < -0.4 is 4.40 Å². The zero-order valence-corrected chi connectivity index (χ0v) is 31.8. The van der Waals surface area contributed by atoms with Crippen molar-refractivity contribution in [3.63, 3.8) is 0 Å². The average Bonchev–Trinajstić information content (AvgIpc) is 3.69. The molecule has 5 aromatic carbocycles. The summed E-state index contributed by atoms with van der Waals surface area (Å²) < 4.78 is 10.1. The van der Waals surface area contributed by atoms with Crippen LogP contribution in [0.25, 0.3) is 72.3 Å². The minimum atomic E-state index is -2.00. The third-order valence-corrected chi connectivity index (χ3v) is 12.8. The predicted octanol–water partition coefficient (Wildman–Crippen LogP) is 10.0. The second-order valence-electron chi connectivity index (χ2n) is 12.8. The number of aromatic nitrogens is 4. The fourth-order valence-electron chi connectivity index (χ4n) is 6.04. The van der Waals surface area contributed by atoms with E-state index >= 15 is 0 Å². The summed E-state index contributed by atoms with van der Waals surface area (Å²) in [5, 5.41) is 3.28. The van der Waals surface area contributed by atoms with Gasteiger partial charge in [0, 0.05) is 26.3 Å². The third-order valence-electron chi connectivity index (χ3n) is 8.52. The van der Waals surface area contributed by atoms with Crippen LogP contribution in [0.15, 0.2) is 144 Å². The van der Waals surface area contributed by atoms with Crippen molar-refractivity contribution in [2.24, 2.45) is 0 Å². The molecular formula is C42H32GeIrN4O-2. The van der Waals surface area contributed by atoms with Gasteiger partial charge in [-0.15, -0.1) is 35.9 Å².